The molecule has 8 nitrogen and oxygen atoms in total. The van der Waals surface area contributed by atoms with Gasteiger partial charge in [0.2, 0.25) is 0 Å². The van der Waals surface area contributed by atoms with Crippen molar-refractivity contribution in [3.8, 4) is 23.0 Å². The van der Waals surface area contributed by atoms with Gasteiger partial charge in [-0.3, -0.25) is 4.79 Å². The number of fused-ring (bicyclic) bond motifs is 1. The number of hydrogen-bond donors (Lipinski definition) is 1. The van der Waals surface area contributed by atoms with Gasteiger partial charge in [-0.2, -0.15) is 0 Å². The third-order valence-electron chi connectivity index (χ3n) is 4.15. The number of methoxy groups -OCH3 is 2. The highest BCUT2D eigenvalue weighted by atomic mass is 35.5. The molecule has 1 atom stereocenters. The van der Waals surface area contributed by atoms with E-state index in [1.807, 2.05) is 0 Å². The number of hydrogen-bond acceptors (Lipinski definition) is 7. The van der Waals surface area contributed by atoms with E-state index in [4.69, 9.17) is 35.3 Å². The van der Waals surface area contributed by atoms with Crippen molar-refractivity contribution in [3.05, 3.63) is 40.9 Å². The Hall–Kier alpha value is -3.13. The molecule has 1 N–H and O–H groups in total. The summed E-state index contributed by atoms with van der Waals surface area (Å²) in [6.07, 6.45) is -1.08. The van der Waals surface area contributed by atoms with Crippen molar-refractivity contribution < 1.29 is 33.3 Å². The Morgan fingerprint density at radius 3 is 2.59 bits per heavy atom. The van der Waals surface area contributed by atoms with Crippen LogP contribution in [-0.2, 0) is 9.53 Å². The van der Waals surface area contributed by atoms with Gasteiger partial charge in [0, 0.05) is 6.07 Å². The summed E-state index contributed by atoms with van der Waals surface area (Å²) < 4.78 is 26.5. The second-order valence-electron chi connectivity index (χ2n) is 6.09. The third-order valence-corrected chi connectivity index (χ3v) is 4.43. The third kappa shape index (κ3) is 4.65. The molecule has 0 bridgehead atoms. The van der Waals surface area contributed by atoms with E-state index >= 15 is 0 Å². The van der Waals surface area contributed by atoms with E-state index in [9.17, 15) is 9.59 Å². The van der Waals surface area contributed by atoms with Gasteiger partial charge >= 0.3 is 5.97 Å². The first-order valence-electron chi connectivity index (χ1n) is 8.76. The Morgan fingerprint density at radius 1 is 1.10 bits per heavy atom. The van der Waals surface area contributed by atoms with Gasteiger partial charge in [-0.05, 0) is 31.2 Å². The van der Waals surface area contributed by atoms with Crippen molar-refractivity contribution in [1.82, 2.24) is 0 Å². The monoisotopic (exact) mass is 421 g/mol. The SMILES string of the molecule is COc1ccc(OC)c(NC(=O)C(C)OC(=O)c2cc(Cl)c3c(c2)OCCO3)c1. The molecule has 1 aliphatic heterocycles. The molecule has 1 heterocycles. The second kappa shape index (κ2) is 8.91. The minimum atomic E-state index is -1.08. The standard InChI is InChI=1S/C20H20ClNO7/c1-11(19(23)22-15-10-13(25-2)4-5-16(15)26-3)29-20(24)12-8-14(21)18-17(9-12)27-6-7-28-18/h4-5,8-11H,6-7H2,1-3H3,(H,22,23). The second-order valence-corrected chi connectivity index (χ2v) is 6.49. The van der Waals surface area contributed by atoms with Crippen LogP contribution in [0.3, 0.4) is 0 Å². The number of nitrogens with one attached hydrogen (secondary N) is 1. The summed E-state index contributed by atoms with van der Waals surface area (Å²) in [5.41, 5.74) is 0.542. The van der Waals surface area contributed by atoms with E-state index in [-0.39, 0.29) is 10.6 Å². The summed E-state index contributed by atoms with van der Waals surface area (Å²) in [6.45, 7) is 2.18. The van der Waals surface area contributed by atoms with Crippen LogP contribution in [0.5, 0.6) is 23.0 Å². The van der Waals surface area contributed by atoms with Crippen LogP contribution < -0.4 is 24.3 Å². The lowest BCUT2D eigenvalue weighted by atomic mass is 10.2. The molecule has 1 aliphatic rings. The lowest BCUT2D eigenvalue weighted by Crippen LogP contribution is -2.30. The van der Waals surface area contributed by atoms with Crippen molar-refractivity contribution in [3.63, 3.8) is 0 Å². The van der Waals surface area contributed by atoms with Gasteiger partial charge in [0.05, 0.1) is 30.5 Å². The fraction of sp³-hybridized carbons (Fsp3) is 0.300. The van der Waals surface area contributed by atoms with Crippen molar-refractivity contribution in [1.29, 1.82) is 0 Å². The molecule has 0 spiro atoms. The number of amides is 1. The summed E-state index contributed by atoms with van der Waals surface area (Å²) in [6, 6.07) is 7.84. The number of rotatable bonds is 6. The van der Waals surface area contributed by atoms with E-state index in [1.165, 1.54) is 33.3 Å². The Bertz CT molecular complexity index is 931. The van der Waals surface area contributed by atoms with Crippen LogP contribution >= 0.6 is 11.6 Å². The average Bonchev–Trinajstić information content (AvgIpc) is 2.73. The Kier molecular flexibility index (Phi) is 6.33. The van der Waals surface area contributed by atoms with Gasteiger partial charge in [0.1, 0.15) is 24.7 Å². The number of esters is 1. The number of anilines is 1. The normalized spacial score (nSPS) is 13.2. The maximum Gasteiger partial charge on any atom is 0.339 e. The average molecular weight is 422 g/mol. The van der Waals surface area contributed by atoms with Crippen molar-refractivity contribution in [2.24, 2.45) is 0 Å². The molecule has 1 unspecified atom stereocenters. The number of carbonyl (C=O) groups excluding carboxylic acids is 2. The summed E-state index contributed by atoms with van der Waals surface area (Å²) in [5, 5.41) is 2.89. The van der Waals surface area contributed by atoms with Gasteiger partial charge in [-0.1, -0.05) is 11.6 Å². The highest BCUT2D eigenvalue weighted by Gasteiger charge is 2.24. The Balaban J connectivity index is 1.70. The minimum absolute atomic E-state index is 0.151. The zero-order valence-corrected chi connectivity index (χ0v) is 16.9. The van der Waals surface area contributed by atoms with Crippen LogP contribution in [0, 0.1) is 0 Å². The van der Waals surface area contributed by atoms with Crippen LogP contribution in [0.1, 0.15) is 17.3 Å². The van der Waals surface area contributed by atoms with Crippen LogP contribution in [0.25, 0.3) is 0 Å². The van der Waals surface area contributed by atoms with Crippen LogP contribution in [0.15, 0.2) is 30.3 Å². The molecule has 0 radical (unpaired) electrons. The van der Waals surface area contributed by atoms with Gasteiger partial charge in [-0.15, -0.1) is 0 Å². The topological polar surface area (TPSA) is 92.3 Å². The first kappa shape index (κ1) is 20.6. The molecule has 0 fully saturated rings. The quantitative estimate of drug-likeness (QED) is 0.715. The molecule has 3 rings (SSSR count). The lowest BCUT2D eigenvalue weighted by molar-refractivity contribution is -0.123. The summed E-state index contributed by atoms with van der Waals surface area (Å²) in [7, 11) is 2.99. The van der Waals surface area contributed by atoms with Gasteiger partial charge < -0.3 is 29.0 Å². The fourth-order valence-electron chi connectivity index (χ4n) is 2.66. The fourth-order valence-corrected chi connectivity index (χ4v) is 2.92. The van der Waals surface area contributed by atoms with Crippen LogP contribution in [0.4, 0.5) is 5.69 Å². The van der Waals surface area contributed by atoms with E-state index < -0.39 is 18.0 Å². The van der Waals surface area contributed by atoms with Crippen LogP contribution in [-0.4, -0.2) is 45.4 Å². The lowest BCUT2D eigenvalue weighted by Gasteiger charge is -2.20. The van der Waals surface area contributed by atoms with E-state index in [1.54, 1.807) is 18.2 Å². The molecule has 0 saturated carbocycles. The maximum atomic E-state index is 12.5. The largest absolute Gasteiger partial charge is 0.497 e. The molecular formula is C20H20ClNO7. The predicted molar refractivity (Wildman–Crippen MR) is 105 cm³/mol. The molecule has 0 saturated heterocycles. The molecule has 0 aromatic heterocycles. The molecule has 154 valence electrons. The Morgan fingerprint density at radius 2 is 1.86 bits per heavy atom. The molecule has 0 aliphatic carbocycles. The molecule has 1 amide bonds. The van der Waals surface area contributed by atoms with Crippen molar-refractivity contribution >= 4 is 29.2 Å². The number of benzene rings is 2. The van der Waals surface area contributed by atoms with E-state index in [0.717, 1.165) is 0 Å². The molecule has 2 aromatic carbocycles. The first-order valence-corrected chi connectivity index (χ1v) is 9.13. The zero-order valence-electron chi connectivity index (χ0n) is 16.1. The van der Waals surface area contributed by atoms with E-state index in [0.29, 0.717) is 41.9 Å². The van der Waals surface area contributed by atoms with Gasteiger partial charge in [0.25, 0.3) is 5.91 Å². The molecular weight excluding hydrogens is 402 g/mol. The highest BCUT2D eigenvalue weighted by Crippen LogP contribution is 2.38. The van der Waals surface area contributed by atoms with Gasteiger partial charge in [-0.25, -0.2) is 4.79 Å². The molecule has 29 heavy (non-hydrogen) atoms. The van der Waals surface area contributed by atoms with E-state index in [2.05, 4.69) is 5.32 Å². The van der Waals surface area contributed by atoms with Crippen LogP contribution in [0.2, 0.25) is 5.02 Å². The minimum Gasteiger partial charge on any atom is -0.497 e. The summed E-state index contributed by atoms with van der Waals surface area (Å²) in [4.78, 5) is 25.0. The van der Waals surface area contributed by atoms with Crippen molar-refractivity contribution in [2.75, 3.05) is 32.8 Å². The highest BCUT2D eigenvalue weighted by molar-refractivity contribution is 6.32. The zero-order chi connectivity index (χ0) is 21.0. The maximum absolute atomic E-state index is 12.5. The molecule has 9 heteroatoms. The van der Waals surface area contributed by atoms with Gasteiger partial charge in [0.15, 0.2) is 17.6 Å². The smallest absolute Gasteiger partial charge is 0.339 e. The number of halogens is 1. The number of ether oxygens (including phenoxy) is 5. The first-order chi connectivity index (χ1) is 13.9. The van der Waals surface area contributed by atoms with Crippen molar-refractivity contribution in [2.45, 2.75) is 13.0 Å². The number of carbonyl (C=O) groups is 2. The summed E-state index contributed by atoms with van der Waals surface area (Å²) in [5.74, 6) is 0.463. The summed E-state index contributed by atoms with van der Waals surface area (Å²) >= 11 is 6.14. The molecule has 2 aromatic rings. The predicted octanol–water partition coefficient (Wildman–Crippen LogP) is 3.31. The Labute approximate surface area is 172 Å².